The van der Waals surface area contributed by atoms with Gasteiger partial charge in [-0.1, -0.05) is 28.9 Å². The molecule has 4 aromatic rings. The van der Waals surface area contributed by atoms with Gasteiger partial charge in [-0.3, -0.25) is 4.90 Å². The third kappa shape index (κ3) is 3.94. The Morgan fingerprint density at radius 2 is 1.97 bits per heavy atom. The van der Waals surface area contributed by atoms with Gasteiger partial charge in [0.25, 0.3) is 0 Å². The highest BCUT2D eigenvalue weighted by atomic mass is 35.5. The van der Waals surface area contributed by atoms with E-state index in [9.17, 15) is 8.42 Å². The van der Waals surface area contributed by atoms with Crippen LogP contribution in [0.3, 0.4) is 0 Å². The van der Waals surface area contributed by atoms with E-state index in [1.54, 1.807) is 30.5 Å². The monoisotopic (exact) mass is 458 g/mol. The van der Waals surface area contributed by atoms with Crippen molar-refractivity contribution in [3.63, 3.8) is 0 Å². The minimum atomic E-state index is -3.61. The minimum absolute atomic E-state index is 0.257. The van der Waals surface area contributed by atoms with Crippen molar-refractivity contribution in [2.24, 2.45) is 0 Å². The van der Waals surface area contributed by atoms with Crippen LogP contribution in [0, 0.1) is 0 Å². The fraction of sp³-hybridized carbons (Fsp3) is 0.250. The Bertz CT molecular complexity index is 1330. The lowest BCUT2D eigenvalue weighted by molar-refractivity contribution is 0.163. The number of aromatic amines is 1. The SMILES string of the molecule is O=S(=O)(c1c[nH]c2ncccc12)N1CCN(Cc2nc(-c3cccc(Cl)c3)no2)CC1. The molecule has 31 heavy (non-hydrogen) atoms. The van der Waals surface area contributed by atoms with Gasteiger partial charge in [0.2, 0.25) is 21.7 Å². The Morgan fingerprint density at radius 3 is 2.77 bits per heavy atom. The number of hydrogen-bond donors (Lipinski definition) is 1. The Kier molecular flexibility index (Phi) is 5.22. The standard InChI is InChI=1S/C20H19ClN6O3S/c21-15-4-1-3-14(11-15)19-24-18(30-25-19)13-26-7-9-27(10-8-26)31(28,29)17-12-23-20-16(17)5-2-6-22-20/h1-6,11-12H,7-10,13H2,(H,22,23). The van der Waals surface area contributed by atoms with Crippen LogP contribution in [0.5, 0.6) is 0 Å². The maximum Gasteiger partial charge on any atom is 0.245 e. The minimum Gasteiger partial charge on any atom is -0.345 e. The molecule has 5 rings (SSSR count). The first-order valence-electron chi connectivity index (χ1n) is 9.74. The summed E-state index contributed by atoms with van der Waals surface area (Å²) in [5, 5.41) is 5.23. The first kappa shape index (κ1) is 20.1. The van der Waals surface area contributed by atoms with Crippen molar-refractivity contribution in [3.8, 4) is 11.4 Å². The van der Waals surface area contributed by atoms with E-state index < -0.39 is 10.0 Å². The van der Waals surface area contributed by atoms with E-state index in [0.717, 1.165) is 5.56 Å². The van der Waals surface area contributed by atoms with Crippen LogP contribution in [0.4, 0.5) is 0 Å². The Labute approximate surface area is 183 Å². The zero-order chi connectivity index (χ0) is 21.4. The molecule has 0 spiro atoms. The zero-order valence-corrected chi connectivity index (χ0v) is 18.0. The first-order chi connectivity index (χ1) is 15.0. The summed E-state index contributed by atoms with van der Waals surface area (Å²) in [5.74, 6) is 0.959. The molecule has 11 heteroatoms. The molecule has 0 aliphatic carbocycles. The molecule has 4 heterocycles. The van der Waals surface area contributed by atoms with Gasteiger partial charge in [-0.25, -0.2) is 13.4 Å². The summed E-state index contributed by atoms with van der Waals surface area (Å²) in [7, 11) is -3.61. The highest BCUT2D eigenvalue weighted by Gasteiger charge is 2.31. The molecule has 0 bridgehead atoms. The summed E-state index contributed by atoms with van der Waals surface area (Å²) >= 11 is 6.02. The van der Waals surface area contributed by atoms with Crippen LogP contribution in [0.25, 0.3) is 22.4 Å². The summed E-state index contributed by atoms with van der Waals surface area (Å²) in [6.07, 6.45) is 3.14. The van der Waals surface area contributed by atoms with E-state index in [1.807, 2.05) is 12.1 Å². The number of nitrogens with one attached hydrogen (secondary N) is 1. The van der Waals surface area contributed by atoms with E-state index in [0.29, 0.717) is 60.5 Å². The molecular formula is C20H19ClN6O3S. The number of sulfonamides is 1. The van der Waals surface area contributed by atoms with Crippen molar-refractivity contribution in [1.29, 1.82) is 0 Å². The second kappa shape index (κ2) is 8.04. The molecule has 0 radical (unpaired) electrons. The third-order valence-corrected chi connectivity index (χ3v) is 7.45. The van der Waals surface area contributed by atoms with E-state index in [1.165, 1.54) is 10.5 Å². The third-order valence-electron chi connectivity index (χ3n) is 5.27. The summed E-state index contributed by atoms with van der Waals surface area (Å²) in [6.45, 7) is 2.34. The lowest BCUT2D eigenvalue weighted by Crippen LogP contribution is -2.48. The molecule has 1 aliphatic rings. The van der Waals surface area contributed by atoms with Crippen molar-refractivity contribution in [1.82, 2.24) is 29.3 Å². The second-order valence-corrected chi connectivity index (χ2v) is 9.60. The average molecular weight is 459 g/mol. The molecule has 9 nitrogen and oxygen atoms in total. The summed E-state index contributed by atoms with van der Waals surface area (Å²) < 4.78 is 33.1. The second-order valence-electron chi connectivity index (χ2n) is 7.25. The first-order valence-corrected chi connectivity index (χ1v) is 11.6. The number of nitrogens with zero attached hydrogens (tertiary/aromatic N) is 5. The number of fused-ring (bicyclic) bond motifs is 1. The molecular weight excluding hydrogens is 440 g/mol. The number of hydrogen-bond acceptors (Lipinski definition) is 7. The van der Waals surface area contributed by atoms with Gasteiger partial charge in [0, 0.05) is 54.5 Å². The van der Waals surface area contributed by atoms with Gasteiger partial charge in [0.15, 0.2) is 0 Å². The summed E-state index contributed by atoms with van der Waals surface area (Å²) in [4.78, 5) is 13.9. The zero-order valence-electron chi connectivity index (χ0n) is 16.4. The molecule has 0 saturated carbocycles. The maximum absolute atomic E-state index is 13.1. The fourth-order valence-electron chi connectivity index (χ4n) is 3.67. The predicted molar refractivity (Wildman–Crippen MR) is 115 cm³/mol. The van der Waals surface area contributed by atoms with Crippen molar-refractivity contribution in [2.75, 3.05) is 26.2 Å². The highest BCUT2D eigenvalue weighted by molar-refractivity contribution is 7.89. The number of halogens is 1. The van der Waals surface area contributed by atoms with Crippen LogP contribution in [0.15, 0.2) is 58.2 Å². The number of pyridine rings is 1. The summed E-state index contributed by atoms with van der Waals surface area (Å²) in [6, 6.07) is 10.7. The van der Waals surface area contributed by atoms with Gasteiger partial charge in [-0.2, -0.15) is 9.29 Å². The quantitative estimate of drug-likeness (QED) is 0.489. The molecule has 1 N–H and O–H groups in total. The number of benzene rings is 1. The van der Waals surface area contributed by atoms with Crippen LogP contribution in [0.1, 0.15) is 5.89 Å². The largest absolute Gasteiger partial charge is 0.345 e. The average Bonchev–Trinajstić information content (AvgIpc) is 3.42. The Hall–Kier alpha value is -2.79. The van der Waals surface area contributed by atoms with Gasteiger partial charge in [-0.05, 0) is 24.3 Å². The molecule has 1 saturated heterocycles. The molecule has 1 fully saturated rings. The molecule has 0 atom stereocenters. The fourth-order valence-corrected chi connectivity index (χ4v) is 5.43. The molecule has 1 aliphatic heterocycles. The van der Waals surface area contributed by atoms with Crippen LogP contribution < -0.4 is 0 Å². The van der Waals surface area contributed by atoms with Crippen molar-refractivity contribution in [3.05, 3.63) is 59.7 Å². The number of piperazine rings is 1. The highest BCUT2D eigenvalue weighted by Crippen LogP contribution is 2.25. The predicted octanol–water partition coefficient (Wildman–Crippen LogP) is 2.77. The maximum atomic E-state index is 13.1. The molecule has 0 amide bonds. The Morgan fingerprint density at radius 1 is 1.13 bits per heavy atom. The van der Waals surface area contributed by atoms with E-state index in [-0.39, 0.29) is 4.90 Å². The van der Waals surface area contributed by atoms with Gasteiger partial charge >= 0.3 is 0 Å². The van der Waals surface area contributed by atoms with Crippen LogP contribution in [-0.4, -0.2) is 63.9 Å². The molecule has 3 aromatic heterocycles. The lowest BCUT2D eigenvalue weighted by atomic mass is 10.2. The summed E-state index contributed by atoms with van der Waals surface area (Å²) in [5.41, 5.74) is 1.35. The number of aromatic nitrogens is 4. The van der Waals surface area contributed by atoms with E-state index in [4.69, 9.17) is 16.1 Å². The lowest BCUT2D eigenvalue weighted by Gasteiger charge is -2.32. The molecule has 1 aromatic carbocycles. The molecule has 160 valence electrons. The van der Waals surface area contributed by atoms with Crippen molar-refractivity contribution < 1.29 is 12.9 Å². The smallest absolute Gasteiger partial charge is 0.245 e. The van der Waals surface area contributed by atoms with Crippen LogP contribution in [-0.2, 0) is 16.6 Å². The van der Waals surface area contributed by atoms with Crippen molar-refractivity contribution >= 4 is 32.7 Å². The number of rotatable bonds is 5. The van der Waals surface area contributed by atoms with Gasteiger partial charge < -0.3 is 9.51 Å². The van der Waals surface area contributed by atoms with Gasteiger partial charge in [0.1, 0.15) is 10.5 Å². The Balaban J connectivity index is 1.25. The van der Waals surface area contributed by atoms with Gasteiger partial charge in [0.05, 0.1) is 6.54 Å². The normalized spacial score (nSPS) is 16.2. The molecule has 0 unspecified atom stereocenters. The topological polar surface area (TPSA) is 108 Å². The van der Waals surface area contributed by atoms with E-state index in [2.05, 4.69) is 25.0 Å². The van der Waals surface area contributed by atoms with Gasteiger partial charge in [-0.15, -0.1) is 0 Å². The number of H-pyrrole nitrogens is 1. The van der Waals surface area contributed by atoms with E-state index >= 15 is 0 Å². The van der Waals surface area contributed by atoms with Crippen LogP contribution in [0.2, 0.25) is 5.02 Å². The van der Waals surface area contributed by atoms with Crippen molar-refractivity contribution in [2.45, 2.75) is 11.4 Å². The van der Waals surface area contributed by atoms with Crippen LogP contribution >= 0.6 is 11.6 Å².